The second kappa shape index (κ2) is 9.00. The molecule has 0 saturated heterocycles. The van der Waals surface area contributed by atoms with E-state index in [1.54, 1.807) is 0 Å². The molecule has 0 unspecified atom stereocenters. The Hall–Kier alpha value is -0.0800. The molecule has 1 fully saturated rings. The molecule has 0 spiro atoms. The summed E-state index contributed by atoms with van der Waals surface area (Å²) in [5.41, 5.74) is 0. The maximum Gasteiger partial charge on any atom is 0.0431 e. The van der Waals surface area contributed by atoms with Crippen molar-refractivity contribution in [3.05, 3.63) is 0 Å². The van der Waals surface area contributed by atoms with Crippen molar-refractivity contribution in [1.29, 1.82) is 0 Å². The third kappa shape index (κ3) is 5.86. The minimum Gasteiger partial charge on any atom is -0.396 e. The molecule has 0 amide bonds. The summed E-state index contributed by atoms with van der Waals surface area (Å²) in [4.78, 5) is 0. The molecule has 1 rings (SSSR count). The Labute approximate surface area is 101 Å². The highest BCUT2D eigenvalue weighted by atomic mass is 16.2. The molecule has 0 bridgehead atoms. The summed E-state index contributed by atoms with van der Waals surface area (Å²) in [6.45, 7) is 3.79. The van der Waals surface area contributed by atoms with E-state index >= 15 is 0 Å². The molecular weight excluding hydrogens is 198 g/mol. The summed E-state index contributed by atoms with van der Waals surface area (Å²) < 4.78 is 0. The van der Waals surface area contributed by atoms with Gasteiger partial charge >= 0.3 is 0 Å². The number of aliphatic hydroxyl groups is 1. The van der Waals surface area contributed by atoms with Gasteiger partial charge in [0.2, 0.25) is 0 Å². The summed E-state index contributed by atoms with van der Waals surface area (Å²) in [6.07, 6.45) is 11.8. The van der Waals surface area contributed by atoms with Gasteiger partial charge in [0.25, 0.3) is 0 Å². The maximum absolute atomic E-state index is 8.67. The van der Waals surface area contributed by atoms with Crippen molar-refractivity contribution >= 4 is 0 Å². The summed E-state index contributed by atoms with van der Waals surface area (Å²) in [7, 11) is 0. The molecule has 0 aromatic heterocycles. The van der Waals surface area contributed by atoms with Crippen LogP contribution in [0.3, 0.4) is 0 Å². The molecule has 0 aliphatic heterocycles. The van der Waals surface area contributed by atoms with Gasteiger partial charge in [0, 0.05) is 12.6 Å². The van der Waals surface area contributed by atoms with Crippen LogP contribution >= 0.6 is 0 Å². The molecule has 96 valence electrons. The zero-order chi connectivity index (χ0) is 11.6. The van der Waals surface area contributed by atoms with Crippen LogP contribution in [-0.4, -0.2) is 24.3 Å². The smallest absolute Gasteiger partial charge is 0.0431 e. The molecule has 16 heavy (non-hydrogen) atoms. The van der Waals surface area contributed by atoms with Gasteiger partial charge in [-0.3, -0.25) is 0 Å². The molecule has 0 atom stereocenters. The molecule has 1 saturated carbocycles. The van der Waals surface area contributed by atoms with Crippen LogP contribution in [-0.2, 0) is 0 Å². The zero-order valence-electron chi connectivity index (χ0n) is 10.9. The van der Waals surface area contributed by atoms with Crippen molar-refractivity contribution in [3.8, 4) is 0 Å². The second-order valence-corrected chi connectivity index (χ2v) is 5.24. The van der Waals surface area contributed by atoms with E-state index in [1.807, 2.05) is 0 Å². The predicted octanol–water partition coefficient (Wildman–Crippen LogP) is 3.10. The van der Waals surface area contributed by atoms with Crippen molar-refractivity contribution in [3.63, 3.8) is 0 Å². The average Bonchev–Trinajstić information content (AvgIpc) is 2.31. The van der Waals surface area contributed by atoms with Crippen LogP contribution in [0.2, 0.25) is 0 Å². The van der Waals surface area contributed by atoms with Gasteiger partial charge in [-0.2, -0.15) is 0 Å². The highest BCUT2D eigenvalue weighted by Gasteiger charge is 2.19. The van der Waals surface area contributed by atoms with Crippen LogP contribution in [0.1, 0.15) is 64.7 Å². The molecule has 2 nitrogen and oxygen atoms in total. The van der Waals surface area contributed by atoms with Gasteiger partial charge < -0.3 is 10.4 Å². The third-order valence-electron chi connectivity index (χ3n) is 3.81. The Kier molecular flexibility index (Phi) is 7.87. The fraction of sp³-hybridized carbons (Fsp3) is 1.00. The molecule has 0 aromatic rings. The van der Waals surface area contributed by atoms with Crippen LogP contribution in [0.25, 0.3) is 0 Å². The number of unbranched alkanes of at least 4 members (excludes halogenated alkanes) is 2. The van der Waals surface area contributed by atoms with Gasteiger partial charge in [0.1, 0.15) is 0 Å². The Balaban J connectivity index is 1.95. The Bertz CT molecular complexity index is 153. The van der Waals surface area contributed by atoms with E-state index in [4.69, 9.17) is 5.11 Å². The van der Waals surface area contributed by atoms with Gasteiger partial charge in [-0.25, -0.2) is 0 Å². The zero-order valence-corrected chi connectivity index (χ0v) is 10.9. The molecule has 1 aliphatic rings. The lowest BCUT2D eigenvalue weighted by atomic mass is 9.83. The van der Waals surface area contributed by atoms with E-state index in [0.29, 0.717) is 6.61 Å². The van der Waals surface area contributed by atoms with Crippen molar-refractivity contribution < 1.29 is 5.11 Å². The lowest BCUT2D eigenvalue weighted by molar-refractivity contribution is 0.270. The van der Waals surface area contributed by atoms with Gasteiger partial charge in [0.15, 0.2) is 0 Å². The molecule has 0 aromatic carbocycles. The molecular formula is C14H29NO. The highest BCUT2D eigenvalue weighted by Crippen LogP contribution is 2.27. The Morgan fingerprint density at radius 1 is 1.06 bits per heavy atom. The molecule has 2 N–H and O–H groups in total. The molecule has 0 radical (unpaired) electrons. The van der Waals surface area contributed by atoms with Crippen molar-refractivity contribution in [2.75, 3.05) is 13.2 Å². The van der Waals surface area contributed by atoms with E-state index in [-0.39, 0.29) is 0 Å². The molecule has 2 heteroatoms. The first-order valence-electron chi connectivity index (χ1n) is 7.21. The van der Waals surface area contributed by atoms with Crippen LogP contribution < -0.4 is 5.32 Å². The van der Waals surface area contributed by atoms with Gasteiger partial charge in [0.05, 0.1) is 0 Å². The standard InChI is InChI=1S/C14H29NO/c1-2-6-13-7-9-14(10-8-13)15-11-4-3-5-12-16/h13-16H,2-12H2,1H3. The first-order valence-corrected chi connectivity index (χ1v) is 7.21. The minimum atomic E-state index is 0.349. The van der Waals surface area contributed by atoms with Crippen LogP contribution in [0, 0.1) is 5.92 Å². The average molecular weight is 227 g/mol. The number of rotatable bonds is 8. The monoisotopic (exact) mass is 227 g/mol. The van der Waals surface area contributed by atoms with Crippen LogP contribution in [0.5, 0.6) is 0 Å². The largest absolute Gasteiger partial charge is 0.396 e. The normalized spacial score (nSPS) is 25.9. The summed E-state index contributed by atoms with van der Waals surface area (Å²) in [6, 6.07) is 0.780. The van der Waals surface area contributed by atoms with Crippen molar-refractivity contribution in [2.24, 2.45) is 5.92 Å². The van der Waals surface area contributed by atoms with E-state index in [1.165, 1.54) is 44.9 Å². The van der Waals surface area contributed by atoms with E-state index in [0.717, 1.165) is 31.3 Å². The molecule has 1 aliphatic carbocycles. The first-order chi connectivity index (χ1) is 7.86. The summed E-state index contributed by atoms with van der Waals surface area (Å²) in [5, 5.41) is 12.3. The predicted molar refractivity (Wildman–Crippen MR) is 69.6 cm³/mol. The number of hydrogen-bond acceptors (Lipinski definition) is 2. The van der Waals surface area contributed by atoms with Crippen molar-refractivity contribution in [1.82, 2.24) is 5.32 Å². The second-order valence-electron chi connectivity index (χ2n) is 5.24. The van der Waals surface area contributed by atoms with E-state index < -0.39 is 0 Å². The fourth-order valence-electron chi connectivity index (χ4n) is 2.78. The fourth-order valence-corrected chi connectivity index (χ4v) is 2.78. The van der Waals surface area contributed by atoms with Crippen LogP contribution in [0.4, 0.5) is 0 Å². The maximum atomic E-state index is 8.67. The third-order valence-corrected chi connectivity index (χ3v) is 3.81. The van der Waals surface area contributed by atoms with E-state index in [2.05, 4.69) is 12.2 Å². The number of nitrogens with one attached hydrogen (secondary N) is 1. The van der Waals surface area contributed by atoms with Crippen LogP contribution in [0.15, 0.2) is 0 Å². The quantitative estimate of drug-likeness (QED) is 0.625. The van der Waals surface area contributed by atoms with E-state index in [9.17, 15) is 0 Å². The Morgan fingerprint density at radius 2 is 1.81 bits per heavy atom. The Morgan fingerprint density at radius 3 is 2.44 bits per heavy atom. The van der Waals surface area contributed by atoms with Gasteiger partial charge in [-0.15, -0.1) is 0 Å². The number of aliphatic hydroxyl groups excluding tert-OH is 1. The molecule has 0 heterocycles. The van der Waals surface area contributed by atoms with Crippen molar-refractivity contribution in [2.45, 2.75) is 70.8 Å². The lowest BCUT2D eigenvalue weighted by Crippen LogP contribution is -2.33. The summed E-state index contributed by atoms with van der Waals surface area (Å²) in [5.74, 6) is 1.01. The van der Waals surface area contributed by atoms with Gasteiger partial charge in [-0.1, -0.05) is 19.8 Å². The summed E-state index contributed by atoms with van der Waals surface area (Å²) >= 11 is 0. The first kappa shape index (κ1) is 14.0. The SMILES string of the molecule is CCCC1CCC(NCCCCCO)CC1. The van der Waals surface area contributed by atoms with Gasteiger partial charge in [-0.05, 0) is 57.4 Å². The topological polar surface area (TPSA) is 32.3 Å². The minimum absolute atomic E-state index is 0.349. The lowest BCUT2D eigenvalue weighted by Gasteiger charge is -2.29. The number of hydrogen-bond donors (Lipinski definition) is 2. The highest BCUT2D eigenvalue weighted by molar-refractivity contribution is 4.76.